The molecule has 0 radical (unpaired) electrons. The molecule has 0 aliphatic heterocycles. The maximum absolute atomic E-state index is 12.2. The van der Waals surface area contributed by atoms with Crippen LogP contribution in [0.4, 0.5) is 0 Å². The van der Waals surface area contributed by atoms with E-state index in [0.29, 0.717) is 20.5 Å². The van der Waals surface area contributed by atoms with Crippen molar-refractivity contribution in [2.24, 2.45) is 0 Å². The van der Waals surface area contributed by atoms with Gasteiger partial charge in [0, 0.05) is 21.2 Å². The fourth-order valence-electron chi connectivity index (χ4n) is 2.15. The summed E-state index contributed by atoms with van der Waals surface area (Å²) in [5.41, 5.74) is 5.38. The maximum Gasteiger partial charge on any atom is 0.281 e. The summed E-state index contributed by atoms with van der Waals surface area (Å²) < 4.78 is 0.905. The fraction of sp³-hybridized carbons (Fsp3) is 0. The number of benzene rings is 2. The number of thiophene rings is 1. The first-order chi connectivity index (χ1) is 12.1. The van der Waals surface area contributed by atoms with Gasteiger partial charge in [-0.3, -0.25) is 20.4 Å². The number of halogens is 2. The molecule has 2 amide bonds. The normalized spacial score (nSPS) is 11.0. The molecule has 0 aliphatic carbocycles. The Labute approximate surface area is 158 Å². The first-order valence-electron chi connectivity index (χ1n) is 7.26. The van der Waals surface area contributed by atoms with Crippen LogP contribution < -0.4 is 10.9 Å². The van der Waals surface area contributed by atoms with E-state index in [9.17, 15) is 9.59 Å². The number of amides is 2. The monoisotopic (exact) mass is 390 g/mol. The van der Waals surface area contributed by atoms with E-state index in [1.165, 1.54) is 17.4 Å². The van der Waals surface area contributed by atoms with Crippen molar-refractivity contribution >= 4 is 62.5 Å². The molecule has 1 heterocycles. The highest BCUT2D eigenvalue weighted by atomic mass is 35.5. The molecule has 4 nitrogen and oxygen atoms in total. The molecular formula is C18H12Cl2N2O2S. The number of rotatable bonds is 3. The molecule has 0 atom stereocenters. The summed E-state index contributed by atoms with van der Waals surface area (Å²) in [6, 6.07) is 14.6. The van der Waals surface area contributed by atoms with Crippen molar-refractivity contribution in [3.05, 3.63) is 75.1 Å². The quantitative estimate of drug-likeness (QED) is 0.503. The third-order valence-electron chi connectivity index (χ3n) is 3.36. The lowest BCUT2D eigenvalue weighted by Crippen LogP contribution is -2.40. The summed E-state index contributed by atoms with van der Waals surface area (Å²) in [6.07, 6.45) is 2.85. The van der Waals surface area contributed by atoms with Gasteiger partial charge < -0.3 is 0 Å². The van der Waals surface area contributed by atoms with Crippen LogP contribution in [0, 0.1) is 0 Å². The Hall–Kier alpha value is -2.34. The molecule has 0 unspecified atom stereocenters. The van der Waals surface area contributed by atoms with Gasteiger partial charge in [-0.1, -0.05) is 59.6 Å². The number of carbonyl (C=O) groups is 2. The van der Waals surface area contributed by atoms with Gasteiger partial charge in [0.15, 0.2) is 0 Å². The molecular weight excluding hydrogens is 379 g/mol. The number of hydrogen-bond donors (Lipinski definition) is 2. The lowest BCUT2D eigenvalue weighted by Gasteiger charge is -2.04. The second-order valence-electron chi connectivity index (χ2n) is 5.04. The molecule has 0 bridgehead atoms. The fourth-order valence-corrected chi connectivity index (χ4v) is 3.76. The summed E-state index contributed by atoms with van der Waals surface area (Å²) in [7, 11) is 0. The molecule has 0 fully saturated rings. The zero-order chi connectivity index (χ0) is 17.8. The van der Waals surface area contributed by atoms with Gasteiger partial charge >= 0.3 is 0 Å². The number of nitrogens with one attached hydrogen (secondary N) is 2. The van der Waals surface area contributed by atoms with E-state index in [2.05, 4.69) is 10.9 Å². The van der Waals surface area contributed by atoms with Crippen molar-refractivity contribution in [3.8, 4) is 0 Å². The molecule has 0 saturated heterocycles. The van der Waals surface area contributed by atoms with E-state index in [1.54, 1.807) is 24.3 Å². The molecule has 0 saturated carbocycles. The van der Waals surface area contributed by atoms with E-state index >= 15 is 0 Å². The topological polar surface area (TPSA) is 58.2 Å². The number of carbonyl (C=O) groups excluding carboxylic acids is 2. The molecule has 2 aromatic carbocycles. The predicted octanol–water partition coefficient (Wildman–Crippen LogP) is 4.68. The summed E-state index contributed by atoms with van der Waals surface area (Å²) in [6.45, 7) is 0. The lowest BCUT2D eigenvalue weighted by molar-refractivity contribution is -0.117. The van der Waals surface area contributed by atoms with Crippen LogP contribution in [0.3, 0.4) is 0 Å². The van der Waals surface area contributed by atoms with Crippen molar-refractivity contribution in [3.63, 3.8) is 0 Å². The minimum Gasteiger partial charge on any atom is -0.268 e. The predicted molar refractivity (Wildman–Crippen MR) is 103 cm³/mol. The third kappa shape index (κ3) is 4.02. The van der Waals surface area contributed by atoms with Crippen molar-refractivity contribution < 1.29 is 9.59 Å². The van der Waals surface area contributed by atoms with Crippen LogP contribution in [-0.2, 0) is 4.79 Å². The van der Waals surface area contributed by atoms with E-state index in [4.69, 9.17) is 23.2 Å². The number of fused-ring (bicyclic) bond motifs is 1. The van der Waals surface area contributed by atoms with Crippen LogP contribution in [0.5, 0.6) is 0 Å². The Balaban J connectivity index is 1.64. The van der Waals surface area contributed by atoms with Crippen molar-refractivity contribution in [2.45, 2.75) is 0 Å². The van der Waals surface area contributed by atoms with Crippen LogP contribution in [-0.4, -0.2) is 11.8 Å². The Kier molecular flexibility index (Phi) is 5.38. The highest BCUT2D eigenvalue weighted by Gasteiger charge is 2.16. The van der Waals surface area contributed by atoms with Gasteiger partial charge in [-0.25, -0.2) is 0 Å². The van der Waals surface area contributed by atoms with E-state index in [1.807, 2.05) is 30.3 Å². The second-order valence-corrected chi connectivity index (χ2v) is 6.88. The van der Waals surface area contributed by atoms with Gasteiger partial charge in [-0.15, -0.1) is 11.3 Å². The third-order valence-corrected chi connectivity index (χ3v) is 5.38. The van der Waals surface area contributed by atoms with Gasteiger partial charge in [-0.2, -0.15) is 0 Å². The summed E-state index contributed by atoms with van der Waals surface area (Å²) in [5.74, 6) is -0.948. The van der Waals surface area contributed by atoms with Gasteiger partial charge in [0.1, 0.15) is 4.88 Å². The standard InChI is InChI=1S/C18H12Cl2N2O2S/c19-13-7-3-1-5-11(13)9-10-15(23)21-22-18(24)17-16(20)12-6-2-4-8-14(12)25-17/h1-10H,(H,21,23)(H,22,24)/b10-9+. The smallest absolute Gasteiger partial charge is 0.268 e. The van der Waals surface area contributed by atoms with Gasteiger partial charge in [0.2, 0.25) is 0 Å². The SMILES string of the molecule is O=C(/C=C/c1ccccc1Cl)NNC(=O)c1sc2ccccc2c1Cl. The van der Waals surface area contributed by atoms with Crippen LogP contribution in [0.1, 0.15) is 15.2 Å². The molecule has 0 aliphatic rings. The maximum atomic E-state index is 12.2. The van der Waals surface area contributed by atoms with Crippen LogP contribution in [0.25, 0.3) is 16.2 Å². The van der Waals surface area contributed by atoms with E-state index < -0.39 is 11.8 Å². The largest absolute Gasteiger partial charge is 0.281 e. The first-order valence-corrected chi connectivity index (χ1v) is 8.83. The van der Waals surface area contributed by atoms with Gasteiger partial charge in [0.25, 0.3) is 11.8 Å². The van der Waals surface area contributed by atoms with Gasteiger partial charge in [-0.05, 0) is 23.8 Å². The zero-order valence-corrected chi connectivity index (χ0v) is 15.1. The highest BCUT2D eigenvalue weighted by molar-refractivity contribution is 7.21. The number of hydrazine groups is 1. The van der Waals surface area contributed by atoms with Crippen molar-refractivity contribution in [1.29, 1.82) is 0 Å². The minimum atomic E-state index is -0.481. The molecule has 2 N–H and O–H groups in total. The van der Waals surface area contributed by atoms with Crippen molar-refractivity contribution in [1.82, 2.24) is 10.9 Å². The zero-order valence-electron chi connectivity index (χ0n) is 12.8. The first kappa shape index (κ1) is 17.5. The van der Waals surface area contributed by atoms with Crippen LogP contribution >= 0.6 is 34.5 Å². The molecule has 1 aromatic heterocycles. The Morgan fingerprint density at radius 3 is 2.44 bits per heavy atom. The van der Waals surface area contributed by atoms with Crippen molar-refractivity contribution in [2.75, 3.05) is 0 Å². The van der Waals surface area contributed by atoms with Crippen LogP contribution in [0.15, 0.2) is 54.6 Å². The van der Waals surface area contributed by atoms with E-state index in [0.717, 1.165) is 10.1 Å². The van der Waals surface area contributed by atoms with E-state index in [-0.39, 0.29) is 0 Å². The molecule has 126 valence electrons. The summed E-state index contributed by atoms with van der Waals surface area (Å²) >= 11 is 13.5. The Morgan fingerprint density at radius 2 is 1.68 bits per heavy atom. The highest BCUT2D eigenvalue weighted by Crippen LogP contribution is 2.34. The van der Waals surface area contributed by atoms with Gasteiger partial charge in [0.05, 0.1) is 5.02 Å². The second kappa shape index (κ2) is 7.70. The molecule has 3 rings (SSSR count). The average molecular weight is 391 g/mol. The number of hydrogen-bond acceptors (Lipinski definition) is 3. The Morgan fingerprint density at radius 1 is 0.960 bits per heavy atom. The summed E-state index contributed by atoms with van der Waals surface area (Å²) in [4.78, 5) is 24.4. The Bertz CT molecular complexity index is 982. The molecule has 3 aromatic rings. The lowest BCUT2D eigenvalue weighted by atomic mass is 10.2. The average Bonchev–Trinajstić information content (AvgIpc) is 2.96. The molecule has 25 heavy (non-hydrogen) atoms. The molecule has 7 heteroatoms. The molecule has 0 spiro atoms. The minimum absolute atomic E-state index is 0.346. The van der Waals surface area contributed by atoms with Crippen LogP contribution in [0.2, 0.25) is 10.0 Å². The summed E-state index contributed by atoms with van der Waals surface area (Å²) in [5, 5.41) is 1.72.